The molecule has 19 heavy (non-hydrogen) atoms. The molecule has 1 atom stereocenters. The van der Waals surface area contributed by atoms with Gasteiger partial charge in [0, 0.05) is 18.8 Å². The van der Waals surface area contributed by atoms with E-state index >= 15 is 0 Å². The van der Waals surface area contributed by atoms with Crippen LogP contribution in [-0.4, -0.2) is 15.4 Å². The van der Waals surface area contributed by atoms with E-state index < -0.39 is 0 Å². The summed E-state index contributed by atoms with van der Waals surface area (Å²) < 4.78 is 2.39. The summed E-state index contributed by atoms with van der Waals surface area (Å²) in [6, 6.07) is 6.44. The fourth-order valence-electron chi connectivity index (χ4n) is 2.92. The van der Waals surface area contributed by atoms with Gasteiger partial charge in [-0.15, -0.1) is 11.6 Å². The molecule has 1 unspecified atom stereocenters. The van der Waals surface area contributed by atoms with Crippen molar-refractivity contribution in [3.8, 4) is 0 Å². The van der Waals surface area contributed by atoms with Crippen LogP contribution in [0.1, 0.15) is 31.7 Å². The van der Waals surface area contributed by atoms with Crippen molar-refractivity contribution in [2.75, 3.05) is 5.88 Å². The summed E-state index contributed by atoms with van der Waals surface area (Å²) >= 11 is 5.93. The Hall–Kier alpha value is -1.02. The first kappa shape index (κ1) is 13.0. The van der Waals surface area contributed by atoms with Gasteiger partial charge in [-0.2, -0.15) is 0 Å². The van der Waals surface area contributed by atoms with Gasteiger partial charge < -0.3 is 4.57 Å². The summed E-state index contributed by atoms with van der Waals surface area (Å²) in [6.45, 7) is 7.91. The molecule has 2 aromatic rings. The van der Waals surface area contributed by atoms with Gasteiger partial charge in [-0.25, -0.2) is 4.98 Å². The standard InChI is InChI=1S/C16H21ClN2/c1-11-5-4-6-13-15(11)18-14(7-8-17)19(13)10-12-9-16(12,2)3/h4-6,12H,7-10H2,1-3H3. The quantitative estimate of drug-likeness (QED) is 0.767. The molecule has 0 aliphatic heterocycles. The van der Waals surface area contributed by atoms with Gasteiger partial charge in [0.1, 0.15) is 5.82 Å². The van der Waals surface area contributed by atoms with Crippen LogP contribution >= 0.6 is 11.6 Å². The summed E-state index contributed by atoms with van der Waals surface area (Å²) in [5.74, 6) is 2.55. The first-order valence-corrected chi connectivity index (χ1v) is 7.57. The van der Waals surface area contributed by atoms with Crippen LogP contribution in [0.5, 0.6) is 0 Å². The summed E-state index contributed by atoms with van der Waals surface area (Å²) in [4.78, 5) is 4.81. The van der Waals surface area contributed by atoms with Gasteiger partial charge in [-0.3, -0.25) is 0 Å². The summed E-state index contributed by atoms with van der Waals surface area (Å²) in [6.07, 6.45) is 2.17. The van der Waals surface area contributed by atoms with E-state index in [0.29, 0.717) is 11.3 Å². The number of aromatic nitrogens is 2. The van der Waals surface area contributed by atoms with Crippen LogP contribution in [0.3, 0.4) is 0 Å². The Morgan fingerprint density at radius 2 is 2.16 bits per heavy atom. The number of nitrogens with zero attached hydrogens (tertiary/aromatic N) is 2. The van der Waals surface area contributed by atoms with Gasteiger partial charge in [0.2, 0.25) is 0 Å². The van der Waals surface area contributed by atoms with Crippen molar-refractivity contribution >= 4 is 22.6 Å². The summed E-state index contributed by atoms with van der Waals surface area (Å²) in [5, 5.41) is 0. The number of aryl methyl sites for hydroxylation is 2. The number of para-hydroxylation sites is 1. The minimum atomic E-state index is 0.499. The molecule has 1 aliphatic rings. The maximum absolute atomic E-state index is 5.93. The highest BCUT2D eigenvalue weighted by Crippen LogP contribution is 2.52. The van der Waals surface area contributed by atoms with E-state index in [2.05, 4.69) is 43.5 Å². The zero-order chi connectivity index (χ0) is 13.6. The fourth-order valence-corrected chi connectivity index (χ4v) is 3.09. The Bertz CT molecular complexity index is 612. The van der Waals surface area contributed by atoms with Gasteiger partial charge >= 0.3 is 0 Å². The number of hydrogen-bond acceptors (Lipinski definition) is 1. The highest BCUT2D eigenvalue weighted by atomic mass is 35.5. The van der Waals surface area contributed by atoms with E-state index in [9.17, 15) is 0 Å². The first-order valence-electron chi connectivity index (χ1n) is 7.03. The molecule has 1 aliphatic carbocycles. The Kier molecular flexibility index (Phi) is 3.09. The number of imidazole rings is 1. The van der Waals surface area contributed by atoms with Gasteiger partial charge in [-0.1, -0.05) is 26.0 Å². The van der Waals surface area contributed by atoms with E-state index in [4.69, 9.17) is 16.6 Å². The third-order valence-corrected chi connectivity index (χ3v) is 4.69. The van der Waals surface area contributed by atoms with Crippen molar-refractivity contribution in [3.05, 3.63) is 29.6 Å². The fraction of sp³-hybridized carbons (Fsp3) is 0.562. The summed E-state index contributed by atoms with van der Waals surface area (Å²) in [7, 11) is 0. The van der Waals surface area contributed by atoms with Gasteiger partial charge in [0.25, 0.3) is 0 Å². The van der Waals surface area contributed by atoms with E-state index in [-0.39, 0.29) is 0 Å². The minimum absolute atomic E-state index is 0.499. The molecule has 0 N–H and O–H groups in total. The number of fused-ring (bicyclic) bond motifs is 1. The third-order valence-electron chi connectivity index (χ3n) is 4.50. The molecular formula is C16H21ClN2. The molecule has 102 valence electrons. The Morgan fingerprint density at radius 1 is 1.42 bits per heavy atom. The molecular weight excluding hydrogens is 256 g/mol. The smallest absolute Gasteiger partial charge is 0.111 e. The lowest BCUT2D eigenvalue weighted by Gasteiger charge is -2.10. The van der Waals surface area contributed by atoms with Crippen LogP contribution in [0, 0.1) is 18.3 Å². The summed E-state index contributed by atoms with van der Waals surface area (Å²) in [5.41, 5.74) is 4.16. The average Bonchev–Trinajstić information content (AvgIpc) is 2.79. The molecule has 3 rings (SSSR count). The zero-order valence-corrected chi connectivity index (χ0v) is 12.7. The lowest BCUT2D eigenvalue weighted by atomic mass is 10.1. The number of halogens is 1. The van der Waals surface area contributed by atoms with Crippen LogP contribution in [-0.2, 0) is 13.0 Å². The first-order chi connectivity index (χ1) is 9.03. The topological polar surface area (TPSA) is 17.8 Å². The molecule has 0 bridgehead atoms. The minimum Gasteiger partial charge on any atom is -0.328 e. The van der Waals surface area contributed by atoms with Crippen LogP contribution in [0.15, 0.2) is 18.2 Å². The van der Waals surface area contributed by atoms with Crippen molar-refractivity contribution in [1.29, 1.82) is 0 Å². The molecule has 1 aromatic heterocycles. The van der Waals surface area contributed by atoms with Crippen LogP contribution < -0.4 is 0 Å². The predicted octanol–water partition coefficient (Wildman–Crippen LogP) is 4.17. The highest BCUT2D eigenvalue weighted by molar-refractivity contribution is 6.17. The second-order valence-electron chi connectivity index (χ2n) is 6.41. The Labute approximate surface area is 119 Å². The molecule has 0 spiro atoms. The Morgan fingerprint density at radius 3 is 2.79 bits per heavy atom. The maximum Gasteiger partial charge on any atom is 0.111 e. The lowest BCUT2D eigenvalue weighted by molar-refractivity contribution is 0.496. The Balaban J connectivity index is 2.04. The normalized spacial score (nSPS) is 20.9. The van der Waals surface area contributed by atoms with Gasteiger partial charge in [0.15, 0.2) is 0 Å². The maximum atomic E-state index is 5.93. The van der Waals surface area contributed by atoms with E-state index in [0.717, 1.165) is 30.2 Å². The average molecular weight is 277 g/mol. The van der Waals surface area contributed by atoms with Crippen molar-refractivity contribution in [2.45, 2.75) is 40.2 Å². The number of hydrogen-bond donors (Lipinski definition) is 0. The second-order valence-corrected chi connectivity index (χ2v) is 6.79. The van der Waals surface area contributed by atoms with Crippen molar-refractivity contribution in [1.82, 2.24) is 9.55 Å². The van der Waals surface area contributed by atoms with Gasteiger partial charge in [0.05, 0.1) is 11.0 Å². The number of alkyl halides is 1. The third kappa shape index (κ3) is 2.27. The molecule has 1 saturated carbocycles. The van der Waals surface area contributed by atoms with Crippen molar-refractivity contribution < 1.29 is 0 Å². The SMILES string of the molecule is Cc1cccc2c1nc(CCCl)n2CC1CC1(C)C. The molecule has 1 heterocycles. The molecule has 0 amide bonds. The van der Waals surface area contributed by atoms with E-state index in [1.807, 2.05) is 0 Å². The van der Waals surface area contributed by atoms with Crippen LogP contribution in [0.25, 0.3) is 11.0 Å². The molecule has 0 saturated heterocycles. The van der Waals surface area contributed by atoms with Crippen molar-refractivity contribution in [2.24, 2.45) is 11.3 Å². The molecule has 1 fully saturated rings. The monoisotopic (exact) mass is 276 g/mol. The number of rotatable bonds is 4. The lowest BCUT2D eigenvalue weighted by Crippen LogP contribution is -2.08. The molecule has 3 heteroatoms. The highest BCUT2D eigenvalue weighted by Gasteiger charge is 2.45. The van der Waals surface area contributed by atoms with E-state index in [1.54, 1.807) is 0 Å². The predicted molar refractivity (Wildman–Crippen MR) is 80.8 cm³/mol. The van der Waals surface area contributed by atoms with E-state index in [1.165, 1.54) is 17.5 Å². The van der Waals surface area contributed by atoms with Crippen LogP contribution in [0.4, 0.5) is 0 Å². The largest absolute Gasteiger partial charge is 0.328 e. The number of benzene rings is 1. The molecule has 0 radical (unpaired) electrons. The second kappa shape index (κ2) is 4.52. The van der Waals surface area contributed by atoms with Gasteiger partial charge in [-0.05, 0) is 36.3 Å². The molecule has 2 nitrogen and oxygen atoms in total. The van der Waals surface area contributed by atoms with Crippen molar-refractivity contribution in [3.63, 3.8) is 0 Å². The van der Waals surface area contributed by atoms with Crippen LogP contribution in [0.2, 0.25) is 0 Å². The zero-order valence-electron chi connectivity index (χ0n) is 11.9. The molecule has 1 aromatic carbocycles.